The first-order valence-corrected chi connectivity index (χ1v) is 14.6. The summed E-state index contributed by atoms with van der Waals surface area (Å²) in [6, 6.07) is 18.8. The molecule has 1 atom stereocenters. The number of rotatable bonds is 10. The monoisotopic (exact) mass is 673 g/mol. The molecule has 0 unspecified atom stereocenters. The Hall–Kier alpha value is -2.34. The van der Waals surface area contributed by atoms with Gasteiger partial charge in [-0.2, -0.15) is 0 Å². The minimum atomic E-state index is -4.10. The number of carbonyl (C=O) groups is 2. The minimum absolute atomic E-state index is 0.00727. The van der Waals surface area contributed by atoms with Gasteiger partial charge >= 0.3 is 0 Å². The number of carbonyl (C=O) groups excluding carboxylic acids is 2. The number of benzene rings is 3. The van der Waals surface area contributed by atoms with Gasteiger partial charge in [-0.05, 0) is 83.1 Å². The van der Waals surface area contributed by atoms with E-state index >= 15 is 0 Å². The zero-order valence-corrected chi connectivity index (χ0v) is 24.7. The maximum Gasteiger partial charge on any atom is 0.264 e. The highest BCUT2D eigenvalue weighted by atomic mass is 127. The highest BCUT2D eigenvalue weighted by Gasteiger charge is 2.33. The molecule has 0 spiro atoms. The summed E-state index contributed by atoms with van der Waals surface area (Å²) in [6.45, 7) is 1.25. The summed E-state index contributed by atoms with van der Waals surface area (Å²) < 4.78 is 29.4. The third-order valence-corrected chi connectivity index (χ3v) is 8.81. The van der Waals surface area contributed by atoms with Crippen molar-refractivity contribution in [3.05, 3.63) is 92.0 Å². The van der Waals surface area contributed by atoms with Crippen molar-refractivity contribution in [2.75, 3.05) is 17.9 Å². The van der Waals surface area contributed by atoms with E-state index in [9.17, 15) is 18.0 Å². The smallest absolute Gasteiger partial charge is 0.264 e. The van der Waals surface area contributed by atoms with Gasteiger partial charge in [0.2, 0.25) is 11.8 Å². The third kappa shape index (κ3) is 7.16. The standard InChI is InChI=1S/C26H26Cl2IN3O4S/c1-3-24(26(34)30-2)31(16-18-9-10-19(27)15-23(18)28)25(33)17-32(21-13-11-20(29)12-14-21)37(35,36)22-7-5-4-6-8-22/h4-15,24H,3,16-17H2,1-2H3,(H,30,34)/t24-/m1/s1. The van der Waals surface area contributed by atoms with Crippen LogP contribution in [-0.2, 0) is 26.2 Å². The van der Waals surface area contributed by atoms with Gasteiger partial charge in [-0.25, -0.2) is 8.42 Å². The summed E-state index contributed by atoms with van der Waals surface area (Å²) in [6.07, 6.45) is 0.311. The van der Waals surface area contributed by atoms with Crippen LogP contribution >= 0.6 is 45.8 Å². The maximum absolute atomic E-state index is 13.8. The Bertz CT molecular complexity index is 1360. The first-order chi connectivity index (χ1) is 17.6. The molecule has 2 amide bonds. The van der Waals surface area contributed by atoms with E-state index in [1.807, 2.05) is 0 Å². The van der Waals surface area contributed by atoms with Crippen molar-refractivity contribution < 1.29 is 18.0 Å². The van der Waals surface area contributed by atoms with E-state index in [0.29, 0.717) is 27.7 Å². The quantitative estimate of drug-likeness (QED) is 0.294. The Kier molecular flexibility index (Phi) is 10.2. The van der Waals surface area contributed by atoms with Crippen LogP contribution in [0.15, 0.2) is 77.7 Å². The van der Waals surface area contributed by atoms with E-state index < -0.39 is 28.5 Å². The Labute approximate surface area is 240 Å². The number of anilines is 1. The Balaban J connectivity index is 2.06. The van der Waals surface area contributed by atoms with E-state index in [4.69, 9.17) is 23.2 Å². The lowest BCUT2D eigenvalue weighted by Gasteiger charge is -2.33. The second-order valence-electron chi connectivity index (χ2n) is 8.10. The summed E-state index contributed by atoms with van der Waals surface area (Å²) in [5, 5.41) is 3.36. The lowest BCUT2D eigenvalue weighted by molar-refractivity contribution is -0.140. The van der Waals surface area contributed by atoms with Gasteiger partial charge in [-0.1, -0.05) is 54.4 Å². The number of sulfonamides is 1. The van der Waals surface area contributed by atoms with Crippen molar-refractivity contribution in [3.63, 3.8) is 0 Å². The normalized spacial score (nSPS) is 12.0. The molecule has 0 radical (unpaired) electrons. The highest BCUT2D eigenvalue weighted by molar-refractivity contribution is 14.1. The lowest BCUT2D eigenvalue weighted by Crippen LogP contribution is -2.51. The topological polar surface area (TPSA) is 86.8 Å². The molecule has 3 aromatic rings. The largest absolute Gasteiger partial charge is 0.357 e. The molecular formula is C26H26Cl2IN3O4S. The second kappa shape index (κ2) is 12.9. The van der Waals surface area contributed by atoms with Crippen molar-refractivity contribution in [1.82, 2.24) is 10.2 Å². The third-order valence-electron chi connectivity index (χ3n) is 5.71. The Morgan fingerprint density at radius 2 is 1.65 bits per heavy atom. The molecule has 0 aliphatic rings. The number of hydrogen-bond acceptors (Lipinski definition) is 4. The van der Waals surface area contributed by atoms with E-state index in [1.165, 1.54) is 24.1 Å². The van der Waals surface area contributed by atoms with Gasteiger partial charge in [-0.15, -0.1) is 0 Å². The molecule has 0 heterocycles. The number of likely N-dealkylation sites (N-methyl/N-ethyl adjacent to an activating group) is 1. The minimum Gasteiger partial charge on any atom is -0.357 e. The second-order valence-corrected chi connectivity index (χ2v) is 12.0. The molecule has 7 nitrogen and oxygen atoms in total. The zero-order chi connectivity index (χ0) is 27.2. The number of nitrogens with zero attached hydrogens (tertiary/aromatic N) is 2. The molecule has 0 saturated heterocycles. The highest BCUT2D eigenvalue weighted by Crippen LogP contribution is 2.27. The molecule has 0 aliphatic carbocycles. The summed E-state index contributed by atoms with van der Waals surface area (Å²) in [4.78, 5) is 28.0. The molecule has 1 N–H and O–H groups in total. The molecular weight excluding hydrogens is 648 g/mol. The zero-order valence-electron chi connectivity index (χ0n) is 20.2. The van der Waals surface area contributed by atoms with Gasteiger partial charge < -0.3 is 10.2 Å². The molecule has 0 aromatic heterocycles. The Morgan fingerprint density at radius 1 is 1.00 bits per heavy atom. The molecule has 0 bridgehead atoms. The van der Waals surface area contributed by atoms with Crippen LogP contribution in [0, 0.1) is 3.57 Å². The lowest BCUT2D eigenvalue weighted by atomic mass is 10.1. The van der Waals surface area contributed by atoms with Crippen LogP contribution < -0.4 is 9.62 Å². The van der Waals surface area contributed by atoms with E-state index in [1.54, 1.807) is 67.6 Å². The van der Waals surface area contributed by atoms with Crippen LogP contribution in [-0.4, -0.2) is 44.8 Å². The van der Waals surface area contributed by atoms with Gasteiger partial charge in [-0.3, -0.25) is 13.9 Å². The van der Waals surface area contributed by atoms with Crippen molar-refractivity contribution in [3.8, 4) is 0 Å². The van der Waals surface area contributed by atoms with E-state index in [2.05, 4.69) is 27.9 Å². The average Bonchev–Trinajstić information content (AvgIpc) is 2.89. The first-order valence-electron chi connectivity index (χ1n) is 11.4. The molecule has 37 heavy (non-hydrogen) atoms. The Morgan fingerprint density at radius 3 is 2.22 bits per heavy atom. The van der Waals surface area contributed by atoms with Crippen LogP contribution in [0.3, 0.4) is 0 Å². The summed E-state index contributed by atoms with van der Waals surface area (Å²) in [7, 11) is -2.61. The molecule has 0 saturated carbocycles. The molecule has 3 aromatic carbocycles. The summed E-state index contributed by atoms with van der Waals surface area (Å²) >= 11 is 14.5. The molecule has 0 aliphatic heterocycles. The van der Waals surface area contributed by atoms with Gasteiger partial charge in [0.05, 0.1) is 10.6 Å². The van der Waals surface area contributed by atoms with E-state index in [-0.39, 0.29) is 17.3 Å². The van der Waals surface area contributed by atoms with E-state index in [0.717, 1.165) is 7.88 Å². The van der Waals surface area contributed by atoms with Gasteiger partial charge in [0.1, 0.15) is 12.6 Å². The fourth-order valence-corrected chi connectivity index (χ4v) is 6.04. The number of amides is 2. The van der Waals surface area contributed by atoms with Crippen molar-refractivity contribution in [2.45, 2.75) is 30.8 Å². The van der Waals surface area contributed by atoms with Crippen LogP contribution in [0.2, 0.25) is 10.0 Å². The van der Waals surface area contributed by atoms with Crippen LogP contribution in [0.4, 0.5) is 5.69 Å². The van der Waals surface area contributed by atoms with Gasteiger partial charge in [0, 0.05) is 27.2 Å². The summed E-state index contributed by atoms with van der Waals surface area (Å²) in [5.74, 6) is -0.924. The number of halogens is 3. The first kappa shape index (κ1) is 29.2. The molecule has 11 heteroatoms. The summed E-state index contributed by atoms with van der Waals surface area (Å²) in [5.41, 5.74) is 0.906. The fraction of sp³-hybridized carbons (Fsp3) is 0.231. The fourth-order valence-electron chi connectivity index (χ4n) is 3.78. The number of nitrogens with one attached hydrogen (secondary N) is 1. The van der Waals surface area contributed by atoms with Crippen LogP contribution in [0.25, 0.3) is 0 Å². The predicted octanol–water partition coefficient (Wildman–Crippen LogP) is 5.35. The van der Waals surface area contributed by atoms with Crippen molar-refractivity contribution in [1.29, 1.82) is 0 Å². The van der Waals surface area contributed by atoms with Crippen molar-refractivity contribution in [2.24, 2.45) is 0 Å². The average molecular weight is 674 g/mol. The number of hydrogen-bond donors (Lipinski definition) is 1. The predicted molar refractivity (Wildman–Crippen MR) is 155 cm³/mol. The molecule has 3 rings (SSSR count). The van der Waals surface area contributed by atoms with Crippen LogP contribution in [0.5, 0.6) is 0 Å². The molecule has 0 fully saturated rings. The SMILES string of the molecule is CC[C@H](C(=O)NC)N(Cc1ccc(Cl)cc1Cl)C(=O)CN(c1ccc(I)cc1)S(=O)(=O)c1ccccc1. The maximum atomic E-state index is 13.8. The van der Waals surface area contributed by atoms with Crippen LogP contribution in [0.1, 0.15) is 18.9 Å². The molecule has 196 valence electrons. The van der Waals surface area contributed by atoms with Gasteiger partial charge in [0.25, 0.3) is 10.0 Å². The van der Waals surface area contributed by atoms with Gasteiger partial charge in [0.15, 0.2) is 0 Å². The van der Waals surface area contributed by atoms with Crippen molar-refractivity contribution >= 4 is 73.3 Å².